The molecule has 6 heteroatoms. The van der Waals surface area contributed by atoms with Crippen LogP contribution in [-0.4, -0.2) is 43.4 Å². The lowest BCUT2D eigenvalue weighted by Gasteiger charge is -2.36. The van der Waals surface area contributed by atoms with Gasteiger partial charge in [-0.2, -0.15) is 0 Å². The second kappa shape index (κ2) is 5.52. The van der Waals surface area contributed by atoms with Crippen LogP contribution in [0.4, 0.5) is 0 Å². The second-order valence-corrected chi connectivity index (χ2v) is 8.14. The number of benzene rings is 1. The van der Waals surface area contributed by atoms with Crippen molar-refractivity contribution in [3.63, 3.8) is 0 Å². The van der Waals surface area contributed by atoms with E-state index < -0.39 is 15.3 Å². The number of halogens is 1. The summed E-state index contributed by atoms with van der Waals surface area (Å²) in [5.74, 6) is -0.106. The first kappa shape index (κ1) is 15.0. The molecule has 2 rings (SSSR count). The minimum atomic E-state index is -3.06. The van der Waals surface area contributed by atoms with Gasteiger partial charge in [0.15, 0.2) is 9.84 Å². The van der Waals surface area contributed by atoms with E-state index in [0.717, 1.165) is 10.0 Å². The van der Waals surface area contributed by atoms with Gasteiger partial charge in [0.05, 0.1) is 24.7 Å². The molecule has 19 heavy (non-hydrogen) atoms. The smallest absolute Gasteiger partial charge is 0.150 e. The molecule has 1 saturated heterocycles. The van der Waals surface area contributed by atoms with E-state index >= 15 is 0 Å². The summed E-state index contributed by atoms with van der Waals surface area (Å²) in [7, 11) is -3.06. The molecular weight excluding hydrogens is 332 g/mol. The van der Waals surface area contributed by atoms with Crippen molar-refractivity contribution in [3.05, 3.63) is 34.3 Å². The molecule has 0 saturated carbocycles. The molecule has 1 aliphatic rings. The highest BCUT2D eigenvalue weighted by atomic mass is 79.9. The predicted molar refractivity (Wildman–Crippen MR) is 76.8 cm³/mol. The number of aliphatic hydroxyl groups excluding tert-OH is 2. The zero-order valence-electron chi connectivity index (χ0n) is 10.4. The Labute approximate surface area is 121 Å². The molecular formula is C13H17BrO4S. The minimum Gasteiger partial charge on any atom is -0.395 e. The third-order valence-corrected chi connectivity index (χ3v) is 6.45. The summed E-state index contributed by atoms with van der Waals surface area (Å²) in [6.45, 7) is -0.543. The van der Waals surface area contributed by atoms with Crippen LogP contribution in [0.5, 0.6) is 0 Å². The number of sulfone groups is 1. The Hall–Kier alpha value is -0.430. The van der Waals surface area contributed by atoms with Gasteiger partial charge in [0, 0.05) is 9.89 Å². The van der Waals surface area contributed by atoms with Crippen molar-refractivity contribution in [3.8, 4) is 0 Å². The van der Waals surface area contributed by atoms with Gasteiger partial charge in [-0.05, 0) is 24.0 Å². The van der Waals surface area contributed by atoms with E-state index in [4.69, 9.17) is 0 Å². The van der Waals surface area contributed by atoms with Gasteiger partial charge in [0.1, 0.15) is 0 Å². The van der Waals surface area contributed by atoms with Crippen LogP contribution in [0, 0.1) is 5.92 Å². The number of hydrogen-bond acceptors (Lipinski definition) is 4. The van der Waals surface area contributed by atoms with E-state index in [1.165, 1.54) is 0 Å². The van der Waals surface area contributed by atoms with Crippen molar-refractivity contribution in [2.45, 2.75) is 11.8 Å². The molecule has 1 unspecified atom stereocenters. The SMILES string of the molecule is O=S1(=O)CCC(C(CO)(CO)c2ccccc2Br)C1. The van der Waals surface area contributed by atoms with Crippen LogP contribution >= 0.6 is 15.9 Å². The third kappa shape index (κ3) is 2.72. The maximum atomic E-state index is 11.7. The molecule has 106 valence electrons. The van der Waals surface area contributed by atoms with Crippen LogP contribution in [0.25, 0.3) is 0 Å². The molecule has 0 amide bonds. The molecule has 2 N–H and O–H groups in total. The Bertz CT molecular complexity index is 552. The molecule has 0 spiro atoms. The molecule has 1 aliphatic heterocycles. The molecule has 1 atom stereocenters. The molecule has 0 aliphatic carbocycles. The van der Waals surface area contributed by atoms with Gasteiger partial charge in [0.2, 0.25) is 0 Å². The predicted octanol–water partition coefficient (Wildman–Crippen LogP) is 1.11. The number of aliphatic hydroxyl groups is 2. The van der Waals surface area contributed by atoms with E-state index in [2.05, 4.69) is 15.9 Å². The lowest BCUT2D eigenvalue weighted by atomic mass is 9.71. The van der Waals surface area contributed by atoms with Gasteiger partial charge in [-0.15, -0.1) is 0 Å². The first-order chi connectivity index (χ1) is 8.95. The highest BCUT2D eigenvalue weighted by Gasteiger charge is 2.46. The summed E-state index contributed by atoms with van der Waals surface area (Å²) in [6, 6.07) is 7.32. The van der Waals surface area contributed by atoms with E-state index in [-0.39, 0.29) is 30.6 Å². The Morgan fingerprint density at radius 1 is 1.26 bits per heavy atom. The van der Waals surface area contributed by atoms with Crippen molar-refractivity contribution in [2.75, 3.05) is 24.7 Å². The number of rotatable bonds is 4. The normalized spacial score (nSPS) is 22.6. The molecule has 0 aromatic heterocycles. The number of hydrogen-bond donors (Lipinski definition) is 2. The molecule has 0 bridgehead atoms. The highest BCUT2D eigenvalue weighted by molar-refractivity contribution is 9.10. The summed E-state index contributed by atoms with van der Waals surface area (Å²) in [5.41, 5.74) is -0.147. The van der Waals surface area contributed by atoms with Gasteiger partial charge in [0.25, 0.3) is 0 Å². The van der Waals surface area contributed by atoms with Crippen LogP contribution in [-0.2, 0) is 15.3 Å². The average molecular weight is 349 g/mol. The van der Waals surface area contributed by atoms with Crippen molar-refractivity contribution >= 4 is 25.8 Å². The van der Waals surface area contributed by atoms with E-state index in [0.29, 0.717) is 6.42 Å². The van der Waals surface area contributed by atoms with Gasteiger partial charge >= 0.3 is 0 Å². The molecule has 1 heterocycles. The maximum absolute atomic E-state index is 11.7. The quantitative estimate of drug-likeness (QED) is 0.854. The average Bonchev–Trinajstić information content (AvgIpc) is 2.74. The maximum Gasteiger partial charge on any atom is 0.150 e. The zero-order chi connectivity index (χ0) is 14.1. The van der Waals surface area contributed by atoms with Crippen LogP contribution in [0.2, 0.25) is 0 Å². The lowest BCUT2D eigenvalue weighted by molar-refractivity contribution is 0.0769. The Kier molecular flexibility index (Phi) is 4.35. The minimum absolute atomic E-state index is 0.0233. The lowest BCUT2D eigenvalue weighted by Crippen LogP contribution is -2.43. The standard InChI is InChI=1S/C13H17BrO4S/c14-12-4-2-1-3-11(12)13(8-15,9-16)10-5-6-19(17,18)7-10/h1-4,10,15-16H,5-9H2. The summed E-state index contributed by atoms with van der Waals surface area (Å²) < 4.78 is 24.1. The molecule has 0 radical (unpaired) electrons. The summed E-state index contributed by atoms with van der Waals surface area (Å²) in [5, 5.41) is 19.6. The summed E-state index contributed by atoms with van der Waals surface area (Å²) >= 11 is 3.42. The van der Waals surface area contributed by atoms with Crippen LogP contribution < -0.4 is 0 Å². The zero-order valence-corrected chi connectivity index (χ0v) is 12.8. The fraction of sp³-hybridized carbons (Fsp3) is 0.538. The van der Waals surface area contributed by atoms with E-state index in [9.17, 15) is 18.6 Å². The van der Waals surface area contributed by atoms with Crippen LogP contribution in [0.1, 0.15) is 12.0 Å². The second-order valence-electron chi connectivity index (χ2n) is 5.05. The largest absolute Gasteiger partial charge is 0.395 e. The third-order valence-electron chi connectivity index (χ3n) is 3.99. The fourth-order valence-corrected chi connectivity index (χ4v) is 5.38. The Morgan fingerprint density at radius 2 is 1.89 bits per heavy atom. The van der Waals surface area contributed by atoms with Crippen molar-refractivity contribution in [1.29, 1.82) is 0 Å². The Balaban J connectivity index is 2.47. The first-order valence-corrected chi connectivity index (χ1v) is 8.74. The highest BCUT2D eigenvalue weighted by Crippen LogP contribution is 2.41. The van der Waals surface area contributed by atoms with Crippen molar-refractivity contribution in [1.82, 2.24) is 0 Å². The van der Waals surface area contributed by atoms with Gasteiger partial charge in [-0.1, -0.05) is 34.1 Å². The topological polar surface area (TPSA) is 74.6 Å². The summed E-state index contributed by atoms with van der Waals surface area (Å²) in [6.07, 6.45) is 0.477. The van der Waals surface area contributed by atoms with Crippen molar-refractivity contribution < 1.29 is 18.6 Å². The molecule has 1 aromatic carbocycles. The van der Waals surface area contributed by atoms with Crippen LogP contribution in [0.15, 0.2) is 28.7 Å². The van der Waals surface area contributed by atoms with Crippen molar-refractivity contribution in [2.24, 2.45) is 5.92 Å². The van der Waals surface area contributed by atoms with Gasteiger partial charge in [-0.25, -0.2) is 8.42 Å². The van der Waals surface area contributed by atoms with E-state index in [1.54, 1.807) is 0 Å². The van der Waals surface area contributed by atoms with Crippen LogP contribution in [0.3, 0.4) is 0 Å². The van der Waals surface area contributed by atoms with E-state index in [1.807, 2.05) is 24.3 Å². The molecule has 1 fully saturated rings. The first-order valence-electron chi connectivity index (χ1n) is 6.12. The fourth-order valence-electron chi connectivity index (χ4n) is 2.79. The van der Waals surface area contributed by atoms with Gasteiger partial charge < -0.3 is 10.2 Å². The Morgan fingerprint density at radius 3 is 2.37 bits per heavy atom. The molecule has 4 nitrogen and oxygen atoms in total. The monoisotopic (exact) mass is 348 g/mol. The molecule has 1 aromatic rings. The van der Waals surface area contributed by atoms with Gasteiger partial charge in [-0.3, -0.25) is 0 Å². The summed E-state index contributed by atoms with van der Waals surface area (Å²) in [4.78, 5) is 0.